The monoisotopic (exact) mass is 600 g/mol. The molecule has 4 aromatic carbocycles. The Morgan fingerprint density at radius 2 is 1.05 bits per heavy atom. The van der Waals surface area contributed by atoms with Crippen LogP contribution in [0.1, 0.15) is 11.1 Å². The standard InChI is InChI=1S/C33H20N4O4S2/c38-28-3-1-18(6-24(28)22-8-20(32-14-34-16-42-32)10-30-26(22)12-36-40-30)5-19-2-4-29(39)25(7-19)23-9-21(33-15-35-17-43-33)11-31-27(23)13-37-41-31/h1-4,6-17,38-39H,5H2. The van der Waals surface area contributed by atoms with Crippen molar-refractivity contribution in [1.82, 2.24) is 20.3 Å². The number of hydrogen-bond acceptors (Lipinski definition) is 10. The van der Waals surface area contributed by atoms with Crippen molar-refractivity contribution in [3.05, 3.63) is 108 Å². The lowest BCUT2D eigenvalue weighted by molar-refractivity contribution is 0.456. The molecular weight excluding hydrogens is 581 g/mol. The van der Waals surface area contributed by atoms with Crippen LogP contribution in [0.2, 0.25) is 0 Å². The van der Waals surface area contributed by atoms with Crippen LogP contribution in [0, 0.1) is 0 Å². The largest absolute Gasteiger partial charge is 0.507 e. The second-order valence-electron chi connectivity index (χ2n) is 10.1. The first kappa shape index (κ1) is 25.4. The quantitative estimate of drug-likeness (QED) is 0.195. The zero-order valence-corrected chi connectivity index (χ0v) is 23.9. The summed E-state index contributed by atoms with van der Waals surface area (Å²) in [4.78, 5) is 10.4. The molecule has 0 spiro atoms. The SMILES string of the molecule is Oc1ccc(Cc2ccc(O)c(-c3cc(-c4cncs4)cc4oncc34)c2)cc1-c1cc(-c2cncs2)cc2oncc12. The Morgan fingerprint density at radius 1 is 0.558 bits per heavy atom. The first-order chi connectivity index (χ1) is 21.1. The van der Waals surface area contributed by atoms with E-state index in [0.29, 0.717) is 28.7 Å². The zero-order chi connectivity index (χ0) is 28.9. The summed E-state index contributed by atoms with van der Waals surface area (Å²) in [7, 11) is 0. The van der Waals surface area contributed by atoms with Gasteiger partial charge < -0.3 is 19.3 Å². The molecule has 0 fully saturated rings. The van der Waals surface area contributed by atoms with Crippen molar-refractivity contribution in [1.29, 1.82) is 0 Å². The highest BCUT2D eigenvalue weighted by Crippen LogP contribution is 2.41. The third-order valence-electron chi connectivity index (χ3n) is 7.49. The maximum atomic E-state index is 11.0. The van der Waals surface area contributed by atoms with Gasteiger partial charge in [0.15, 0.2) is 11.2 Å². The smallest absolute Gasteiger partial charge is 0.168 e. The number of phenols is 2. The van der Waals surface area contributed by atoms with Crippen LogP contribution in [0.3, 0.4) is 0 Å². The molecule has 0 bridgehead atoms. The number of benzene rings is 4. The highest BCUT2D eigenvalue weighted by molar-refractivity contribution is 7.13. The molecule has 0 aliphatic rings. The number of hydrogen-bond donors (Lipinski definition) is 2. The molecular formula is C33H20N4O4S2. The second kappa shape index (κ2) is 10.2. The number of phenolic OH excluding ortho intramolecular Hbond substituents is 2. The maximum absolute atomic E-state index is 11.0. The Labute approximate surface area is 252 Å². The van der Waals surface area contributed by atoms with Gasteiger partial charge in [0.05, 0.1) is 33.2 Å². The lowest BCUT2D eigenvalue weighted by atomic mass is 9.93. The van der Waals surface area contributed by atoms with Crippen LogP contribution in [0.15, 0.2) is 106 Å². The van der Waals surface area contributed by atoms with Crippen LogP contribution < -0.4 is 0 Å². The van der Waals surface area contributed by atoms with Crippen molar-refractivity contribution in [2.75, 3.05) is 0 Å². The fourth-order valence-corrected chi connectivity index (χ4v) is 6.66. The molecule has 0 atom stereocenters. The molecule has 43 heavy (non-hydrogen) atoms. The number of aromatic nitrogens is 4. The Balaban J connectivity index is 1.20. The Bertz CT molecular complexity index is 2090. The van der Waals surface area contributed by atoms with Crippen molar-refractivity contribution >= 4 is 44.6 Å². The van der Waals surface area contributed by atoms with E-state index in [1.165, 1.54) is 22.7 Å². The van der Waals surface area contributed by atoms with Gasteiger partial charge in [-0.05, 0) is 88.3 Å². The number of rotatable bonds is 6. The van der Waals surface area contributed by atoms with Gasteiger partial charge in [0.1, 0.15) is 11.5 Å². The number of fused-ring (bicyclic) bond motifs is 2. The van der Waals surface area contributed by atoms with E-state index >= 15 is 0 Å². The van der Waals surface area contributed by atoms with E-state index in [1.54, 1.807) is 35.5 Å². The third kappa shape index (κ3) is 4.53. The molecule has 0 aliphatic carbocycles. The van der Waals surface area contributed by atoms with Crippen molar-refractivity contribution < 1.29 is 19.3 Å². The van der Waals surface area contributed by atoms with Gasteiger partial charge in [-0.25, -0.2) is 0 Å². The van der Waals surface area contributed by atoms with Gasteiger partial charge in [-0.15, -0.1) is 22.7 Å². The Morgan fingerprint density at radius 3 is 1.49 bits per heavy atom. The summed E-state index contributed by atoms with van der Waals surface area (Å²) in [6.45, 7) is 0. The highest BCUT2D eigenvalue weighted by atomic mass is 32.1. The Kier molecular flexibility index (Phi) is 6.02. The van der Waals surface area contributed by atoms with Crippen molar-refractivity contribution in [2.24, 2.45) is 0 Å². The van der Waals surface area contributed by atoms with Gasteiger partial charge in [0, 0.05) is 34.3 Å². The molecule has 0 unspecified atom stereocenters. The summed E-state index contributed by atoms with van der Waals surface area (Å²) in [5, 5.41) is 31.6. The number of aromatic hydroxyl groups is 2. The van der Waals surface area contributed by atoms with E-state index in [-0.39, 0.29) is 11.5 Å². The highest BCUT2D eigenvalue weighted by Gasteiger charge is 2.18. The average Bonchev–Trinajstić information content (AvgIpc) is 3.85. The molecule has 208 valence electrons. The number of nitrogens with zero attached hydrogens (tertiary/aromatic N) is 4. The molecule has 0 saturated heterocycles. The molecule has 0 aliphatic heterocycles. The van der Waals surface area contributed by atoms with Gasteiger partial charge in [-0.2, -0.15) is 0 Å². The van der Waals surface area contributed by atoms with Gasteiger partial charge in [0.25, 0.3) is 0 Å². The summed E-state index contributed by atoms with van der Waals surface area (Å²) >= 11 is 3.07. The lowest BCUT2D eigenvalue weighted by Crippen LogP contribution is -1.92. The summed E-state index contributed by atoms with van der Waals surface area (Å²) in [5.41, 5.74) is 11.7. The van der Waals surface area contributed by atoms with Crippen LogP contribution in [0.25, 0.3) is 65.1 Å². The first-order valence-electron chi connectivity index (χ1n) is 13.3. The molecule has 0 radical (unpaired) electrons. The Hall–Kier alpha value is -5.32. The van der Waals surface area contributed by atoms with Crippen LogP contribution in [-0.4, -0.2) is 30.5 Å². The van der Waals surface area contributed by atoms with Crippen LogP contribution in [-0.2, 0) is 6.42 Å². The normalized spacial score (nSPS) is 11.5. The summed E-state index contributed by atoms with van der Waals surface area (Å²) in [6.07, 6.45) is 7.54. The van der Waals surface area contributed by atoms with E-state index < -0.39 is 0 Å². The summed E-state index contributed by atoms with van der Waals surface area (Å²) in [6, 6.07) is 19.2. The van der Waals surface area contributed by atoms with E-state index in [2.05, 4.69) is 20.3 Å². The molecule has 4 heterocycles. The van der Waals surface area contributed by atoms with E-state index in [1.807, 2.05) is 60.9 Å². The van der Waals surface area contributed by atoms with Gasteiger partial charge in [-0.3, -0.25) is 9.97 Å². The van der Waals surface area contributed by atoms with E-state index in [0.717, 1.165) is 53.9 Å². The van der Waals surface area contributed by atoms with Crippen LogP contribution in [0.5, 0.6) is 11.5 Å². The third-order valence-corrected chi connectivity index (χ3v) is 9.14. The summed E-state index contributed by atoms with van der Waals surface area (Å²) < 4.78 is 11.0. The van der Waals surface area contributed by atoms with Crippen molar-refractivity contribution in [2.45, 2.75) is 6.42 Å². The fourth-order valence-electron chi connectivity index (χ4n) is 5.44. The zero-order valence-electron chi connectivity index (χ0n) is 22.3. The minimum atomic E-state index is 0.161. The molecule has 0 amide bonds. The lowest BCUT2D eigenvalue weighted by Gasteiger charge is -2.13. The number of thiazole rings is 2. The van der Waals surface area contributed by atoms with E-state index in [9.17, 15) is 10.2 Å². The predicted octanol–water partition coefficient (Wildman–Crippen LogP) is 8.55. The minimum absolute atomic E-state index is 0.161. The molecule has 2 N–H and O–H groups in total. The fraction of sp³-hybridized carbons (Fsp3) is 0.0303. The van der Waals surface area contributed by atoms with Crippen LogP contribution >= 0.6 is 22.7 Å². The second-order valence-corrected chi connectivity index (χ2v) is 11.9. The van der Waals surface area contributed by atoms with Gasteiger partial charge in [-0.1, -0.05) is 22.4 Å². The minimum Gasteiger partial charge on any atom is -0.507 e. The first-order valence-corrected chi connectivity index (χ1v) is 15.1. The maximum Gasteiger partial charge on any atom is 0.168 e. The molecule has 0 saturated carbocycles. The van der Waals surface area contributed by atoms with E-state index in [4.69, 9.17) is 9.05 Å². The average molecular weight is 601 g/mol. The topological polar surface area (TPSA) is 118 Å². The van der Waals surface area contributed by atoms with Gasteiger partial charge >= 0.3 is 0 Å². The molecule has 4 aromatic heterocycles. The molecule has 8 aromatic rings. The van der Waals surface area contributed by atoms with Crippen LogP contribution in [0.4, 0.5) is 0 Å². The molecule has 10 heteroatoms. The predicted molar refractivity (Wildman–Crippen MR) is 167 cm³/mol. The van der Waals surface area contributed by atoms with Gasteiger partial charge in [0.2, 0.25) is 0 Å². The molecule has 8 rings (SSSR count). The van der Waals surface area contributed by atoms with Crippen molar-refractivity contribution in [3.8, 4) is 54.6 Å². The van der Waals surface area contributed by atoms with Crippen molar-refractivity contribution in [3.63, 3.8) is 0 Å². The summed E-state index contributed by atoms with van der Waals surface area (Å²) in [5.74, 6) is 0.322. The molecule has 8 nitrogen and oxygen atoms in total.